The molecule has 22 heavy (non-hydrogen) atoms. The van der Waals surface area contributed by atoms with Crippen LogP contribution in [-0.2, 0) is 16.1 Å². The lowest BCUT2D eigenvalue weighted by Gasteiger charge is -2.28. The van der Waals surface area contributed by atoms with Crippen molar-refractivity contribution in [2.45, 2.75) is 32.4 Å². The normalized spacial score (nSPS) is 11.5. The van der Waals surface area contributed by atoms with Crippen LogP contribution in [0.4, 0.5) is 4.79 Å². The van der Waals surface area contributed by atoms with Gasteiger partial charge in [0.1, 0.15) is 6.04 Å². The van der Waals surface area contributed by atoms with Gasteiger partial charge in [0.15, 0.2) is 0 Å². The average molecular weight is 308 g/mol. The monoisotopic (exact) mass is 308 g/mol. The highest BCUT2D eigenvalue weighted by molar-refractivity contribution is 5.85. The predicted octanol–water partition coefficient (Wildman–Crippen LogP) is 1.54. The van der Waals surface area contributed by atoms with Gasteiger partial charge in [-0.25, -0.2) is 4.79 Å². The van der Waals surface area contributed by atoms with E-state index in [0.717, 1.165) is 10.5 Å². The molecule has 0 aromatic heterocycles. The molecule has 0 unspecified atom stereocenters. The molecule has 3 N–H and O–H groups in total. The minimum atomic E-state index is -1.26. The maximum Gasteiger partial charge on any atom is 0.408 e. The fraction of sp³-hybridized carbons (Fsp3) is 0.400. The molecule has 0 heterocycles. The number of rotatable bonds is 8. The molecule has 0 aliphatic heterocycles. The van der Waals surface area contributed by atoms with Crippen LogP contribution in [0.2, 0.25) is 0 Å². The Hall–Kier alpha value is -2.57. The van der Waals surface area contributed by atoms with Gasteiger partial charge < -0.3 is 15.5 Å². The number of hydrogen-bond donors (Lipinski definition) is 3. The van der Waals surface area contributed by atoms with Crippen LogP contribution >= 0.6 is 0 Å². The zero-order valence-electron chi connectivity index (χ0n) is 12.4. The Bertz CT molecular complexity index is 518. The van der Waals surface area contributed by atoms with Crippen LogP contribution in [0, 0.1) is 0 Å². The second-order valence-corrected chi connectivity index (χ2v) is 4.74. The summed E-state index contributed by atoms with van der Waals surface area (Å²) in [5.41, 5.74) is 0.731. The number of carboxylic acids is 1. The lowest BCUT2D eigenvalue weighted by Crippen LogP contribution is -2.49. The fourth-order valence-corrected chi connectivity index (χ4v) is 2.07. The number of amides is 2. The zero-order valence-corrected chi connectivity index (χ0v) is 12.4. The summed E-state index contributed by atoms with van der Waals surface area (Å²) in [5.74, 6) is -1.55. The van der Waals surface area contributed by atoms with Crippen LogP contribution in [0.3, 0.4) is 0 Å². The van der Waals surface area contributed by atoms with Crippen molar-refractivity contribution in [2.24, 2.45) is 0 Å². The molecule has 0 bridgehead atoms. The number of aliphatic carboxylic acids is 1. The number of nitrogens with zero attached hydrogens (tertiary/aromatic N) is 1. The van der Waals surface area contributed by atoms with Crippen LogP contribution in [0.15, 0.2) is 30.3 Å². The smallest absolute Gasteiger partial charge is 0.408 e. The molecule has 7 nitrogen and oxygen atoms in total. The van der Waals surface area contributed by atoms with Crippen LogP contribution in [0.25, 0.3) is 0 Å². The van der Waals surface area contributed by atoms with Crippen molar-refractivity contribution in [1.29, 1.82) is 0 Å². The number of hydrogen-bond acceptors (Lipinski definition) is 3. The quantitative estimate of drug-likeness (QED) is 0.675. The first-order valence-corrected chi connectivity index (χ1v) is 6.98. The molecule has 1 atom stereocenters. The third kappa shape index (κ3) is 5.43. The standard InChI is InChI=1S/C15H20N2O5/c1-2-16-14(20)12(8-9-13(18)19)17(15(21)22)10-11-6-4-3-5-7-11/h3-7,12H,2,8-10H2,1H3,(H,16,20)(H,18,19)(H,21,22)/t12-/m0/s1. The van der Waals surface area contributed by atoms with Crippen molar-refractivity contribution in [3.8, 4) is 0 Å². The first-order chi connectivity index (χ1) is 10.5. The second-order valence-electron chi connectivity index (χ2n) is 4.74. The van der Waals surface area contributed by atoms with E-state index < -0.39 is 24.0 Å². The summed E-state index contributed by atoms with van der Waals surface area (Å²) >= 11 is 0. The molecule has 0 aliphatic carbocycles. The third-order valence-corrected chi connectivity index (χ3v) is 3.10. The van der Waals surface area contributed by atoms with Gasteiger partial charge in [-0.15, -0.1) is 0 Å². The van der Waals surface area contributed by atoms with Crippen molar-refractivity contribution < 1.29 is 24.6 Å². The van der Waals surface area contributed by atoms with Crippen molar-refractivity contribution in [3.63, 3.8) is 0 Å². The molecular weight excluding hydrogens is 288 g/mol. The Kier molecular flexibility index (Phi) is 6.88. The van der Waals surface area contributed by atoms with Gasteiger partial charge in [-0.3, -0.25) is 14.5 Å². The van der Waals surface area contributed by atoms with Crippen molar-refractivity contribution >= 4 is 18.0 Å². The minimum Gasteiger partial charge on any atom is -0.481 e. The molecule has 0 aliphatic rings. The van der Waals surface area contributed by atoms with E-state index in [4.69, 9.17) is 5.11 Å². The third-order valence-electron chi connectivity index (χ3n) is 3.10. The number of nitrogens with one attached hydrogen (secondary N) is 1. The van der Waals surface area contributed by atoms with Crippen molar-refractivity contribution in [2.75, 3.05) is 6.54 Å². The number of benzene rings is 1. The molecule has 0 saturated heterocycles. The summed E-state index contributed by atoms with van der Waals surface area (Å²) in [6.07, 6.45) is -1.61. The molecule has 0 spiro atoms. The summed E-state index contributed by atoms with van der Waals surface area (Å²) < 4.78 is 0. The Morgan fingerprint density at radius 3 is 2.32 bits per heavy atom. The lowest BCUT2D eigenvalue weighted by atomic mass is 10.1. The summed E-state index contributed by atoms with van der Waals surface area (Å²) in [7, 11) is 0. The summed E-state index contributed by atoms with van der Waals surface area (Å²) in [5, 5.41) is 20.7. The summed E-state index contributed by atoms with van der Waals surface area (Å²) in [6, 6.07) is 7.82. The van der Waals surface area contributed by atoms with E-state index in [9.17, 15) is 19.5 Å². The van der Waals surface area contributed by atoms with Gasteiger partial charge in [0.05, 0.1) is 0 Å². The fourth-order valence-electron chi connectivity index (χ4n) is 2.07. The Morgan fingerprint density at radius 2 is 1.82 bits per heavy atom. The molecule has 7 heteroatoms. The van der Waals surface area contributed by atoms with Crippen LogP contribution in [0.1, 0.15) is 25.3 Å². The van der Waals surface area contributed by atoms with E-state index in [0.29, 0.717) is 6.54 Å². The van der Waals surface area contributed by atoms with Gasteiger partial charge in [0.25, 0.3) is 0 Å². The first kappa shape index (κ1) is 17.5. The van der Waals surface area contributed by atoms with Crippen molar-refractivity contribution in [1.82, 2.24) is 10.2 Å². The maximum absolute atomic E-state index is 12.1. The molecule has 1 rings (SSSR count). The van der Waals surface area contributed by atoms with Crippen molar-refractivity contribution in [3.05, 3.63) is 35.9 Å². The topological polar surface area (TPSA) is 107 Å². The highest BCUT2D eigenvalue weighted by atomic mass is 16.4. The predicted molar refractivity (Wildman–Crippen MR) is 79.4 cm³/mol. The molecule has 2 amide bonds. The number of carbonyl (C=O) groups excluding carboxylic acids is 1. The molecule has 1 aromatic rings. The van der Waals surface area contributed by atoms with Gasteiger partial charge in [0.2, 0.25) is 5.91 Å². The minimum absolute atomic E-state index is 0.0254. The van der Waals surface area contributed by atoms with Crippen LogP contribution in [0.5, 0.6) is 0 Å². The molecule has 0 radical (unpaired) electrons. The van der Waals surface area contributed by atoms with Gasteiger partial charge in [-0.1, -0.05) is 30.3 Å². The Labute approximate surface area is 128 Å². The Morgan fingerprint density at radius 1 is 1.18 bits per heavy atom. The summed E-state index contributed by atoms with van der Waals surface area (Å²) in [4.78, 5) is 35.3. The molecule has 120 valence electrons. The van der Waals surface area contributed by atoms with Gasteiger partial charge in [0, 0.05) is 19.5 Å². The second kappa shape index (κ2) is 8.66. The Balaban J connectivity index is 2.95. The number of likely N-dealkylation sites (N-methyl/N-ethyl adjacent to an activating group) is 1. The molecule has 0 saturated carbocycles. The first-order valence-electron chi connectivity index (χ1n) is 6.98. The van der Waals surface area contributed by atoms with E-state index in [-0.39, 0.29) is 19.4 Å². The van der Waals surface area contributed by atoms with Gasteiger partial charge in [-0.05, 0) is 18.9 Å². The van der Waals surface area contributed by atoms with Crippen LogP contribution < -0.4 is 5.32 Å². The largest absolute Gasteiger partial charge is 0.481 e. The van der Waals surface area contributed by atoms with E-state index >= 15 is 0 Å². The zero-order chi connectivity index (χ0) is 16.5. The average Bonchev–Trinajstić information content (AvgIpc) is 2.47. The lowest BCUT2D eigenvalue weighted by molar-refractivity contribution is -0.137. The van der Waals surface area contributed by atoms with Gasteiger partial charge in [-0.2, -0.15) is 0 Å². The number of carboxylic acid groups (broad SMARTS) is 2. The highest BCUT2D eigenvalue weighted by Crippen LogP contribution is 2.13. The SMILES string of the molecule is CCNC(=O)[C@H](CCC(=O)O)N(Cc1ccccc1)C(=O)O. The maximum atomic E-state index is 12.1. The molecular formula is C15H20N2O5. The molecule has 0 fully saturated rings. The van der Waals surface area contributed by atoms with Gasteiger partial charge >= 0.3 is 12.1 Å². The van der Waals surface area contributed by atoms with E-state index in [2.05, 4.69) is 5.32 Å². The van der Waals surface area contributed by atoms with E-state index in [1.807, 2.05) is 0 Å². The summed E-state index contributed by atoms with van der Waals surface area (Å²) in [6.45, 7) is 2.09. The highest BCUT2D eigenvalue weighted by Gasteiger charge is 2.29. The van der Waals surface area contributed by atoms with Crippen LogP contribution in [-0.4, -0.2) is 45.7 Å². The number of carbonyl (C=O) groups is 3. The van der Waals surface area contributed by atoms with E-state index in [1.54, 1.807) is 37.3 Å². The molecule has 1 aromatic carbocycles. The van der Waals surface area contributed by atoms with E-state index in [1.165, 1.54) is 0 Å².